The molecule has 1 aromatic heterocycles. The van der Waals surface area contributed by atoms with Gasteiger partial charge in [0.05, 0.1) is 22.0 Å². The summed E-state index contributed by atoms with van der Waals surface area (Å²) >= 11 is 12.5. The minimum Gasteiger partial charge on any atom is -0.360 e. The van der Waals surface area contributed by atoms with Gasteiger partial charge in [0.15, 0.2) is 0 Å². The summed E-state index contributed by atoms with van der Waals surface area (Å²) in [6, 6.07) is 11.3. The summed E-state index contributed by atoms with van der Waals surface area (Å²) in [6.07, 6.45) is 0. The molecule has 1 N–H and O–H groups in total. The number of rotatable bonds is 4. The van der Waals surface area contributed by atoms with Gasteiger partial charge in [-0.15, -0.1) is 0 Å². The smallest absolute Gasteiger partial charge is 0.143 e. The summed E-state index contributed by atoms with van der Waals surface area (Å²) in [5.74, 6) is 0.667. The van der Waals surface area contributed by atoms with Gasteiger partial charge in [0.25, 0.3) is 0 Å². The van der Waals surface area contributed by atoms with Crippen LogP contribution in [-0.4, -0.2) is 10.9 Å². The number of hydrazone groups is 1. The molecule has 3 rings (SSSR count). The molecule has 26 heavy (non-hydrogen) atoms. The Morgan fingerprint density at radius 1 is 1.12 bits per heavy atom. The molecule has 0 aliphatic rings. The van der Waals surface area contributed by atoms with Gasteiger partial charge in [-0.05, 0) is 63.1 Å². The Morgan fingerprint density at radius 2 is 1.88 bits per heavy atom. The highest BCUT2D eigenvalue weighted by Crippen LogP contribution is 2.33. The molecule has 1 heterocycles. The summed E-state index contributed by atoms with van der Waals surface area (Å²) in [5.41, 5.74) is 9.34. The van der Waals surface area contributed by atoms with Crippen molar-refractivity contribution in [2.75, 3.05) is 5.43 Å². The molecule has 0 spiro atoms. The molecule has 0 aliphatic heterocycles. The molecular weight excluding hydrogens is 369 g/mol. The van der Waals surface area contributed by atoms with Crippen LogP contribution in [0, 0.1) is 20.8 Å². The third-order valence-electron chi connectivity index (χ3n) is 4.36. The highest BCUT2D eigenvalue weighted by molar-refractivity contribution is 6.35. The number of anilines is 1. The molecule has 0 fully saturated rings. The average Bonchev–Trinajstić information content (AvgIpc) is 2.99. The lowest BCUT2D eigenvalue weighted by Crippen LogP contribution is -2.03. The van der Waals surface area contributed by atoms with Crippen molar-refractivity contribution in [1.82, 2.24) is 5.16 Å². The molecule has 2 aromatic carbocycles. The summed E-state index contributed by atoms with van der Waals surface area (Å²) in [5, 5.41) is 9.83. The Hall–Kier alpha value is -2.30. The number of aryl methyl sites for hydroxylation is 2. The zero-order valence-corrected chi connectivity index (χ0v) is 16.5. The Bertz CT molecular complexity index is 993. The van der Waals surface area contributed by atoms with Gasteiger partial charge in [-0.2, -0.15) is 5.10 Å². The van der Waals surface area contributed by atoms with Crippen molar-refractivity contribution in [3.63, 3.8) is 0 Å². The van der Waals surface area contributed by atoms with E-state index in [-0.39, 0.29) is 0 Å². The van der Waals surface area contributed by atoms with E-state index in [9.17, 15) is 0 Å². The third kappa shape index (κ3) is 3.62. The van der Waals surface area contributed by atoms with E-state index >= 15 is 0 Å². The predicted octanol–water partition coefficient (Wildman–Crippen LogP) is 6.41. The maximum absolute atomic E-state index is 6.33. The molecule has 0 aliphatic carbocycles. The van der Waals surface area contributed by atoms with E-state index in [0.717, 1.165) is 22.5 Å². The lowest BCUT2D eigenvalue weighted by molar-refractivity contribution is 0.399. The summed E-state index contributed by atoms with van der Waals surface area (Å²) in [4.78, 5) is 0. The Kier molecular flexibility index (Phi) is 5.35. The Balaban J connectivity index is 2.00. The molecule has 3 aromatic rings. The van der Waals surface area contributed by atoms with Crippen molar-refractivity contribution < 1.29 is 4.52 Å². The fraction of sp³-hybridized carbons (Fsp3) is 0.200. The molecular formula is C20H19Cl2N3O. The van der Waals surface area contributed by atoms with Gasteiger partial charge < -0.3 is 4.52 Å². The molecule has 0 saturated heterocycles. The van der Waals surface area contributed by atoms with Gasteiger partial charge in [-0.25, -0.2) is 0 Å². The molecule has 0 radical (unpaired) electrons. The number of benzene rings is 2. The molecule has 6 heteroatoms. The van der Waals surface area contributed by atoms with E-state index < -0.39 is 0 Å². The van der Waals surface area contributed by atoms with Crippen molar-refractivity contribution in [3.05, 3.63) is 68.9 Å². The van der Waals surface area contributed by atoms with Crippen molar-refractivity contribution in [2.45, 2.75) is 27.7 Å². The first-order valence-corrected chi connectivity index (χ1v) is 8.92. The van der Waals surface area contributed by atoms with Crippen LogP contribution in [0.5, 0.6) is 0 Å². The van der Waals surface area contributed by atoms with Gasteiger partial charge in [-0.1, -0.05) is 40.5 Å². The first kappa shape index (κ1) is 18.5. The third-order valence-corrected chi connectivity index (χ3v) is 4.92. The SMILES string of the molecule is CC(=NNc1cccc(C)c1C)c1c(-c2cc(Cl)ccc2Cl)noc1C. The van der Waals surface area contributed by atoms with Gasteiger partial charge in [0.1, 0.15) is 11.5 Å². The maximum atomic E-state index is 6.33. The van der Waals surface area contributed by atoms with Crippen LogP contribution in [-0.2, 0) is 0 Å². The molecule has 0 unspecified atom stereocenters. The van der Waals surface area contributed by atoms with E-state index in [4.69, 9.17) is 27.7 Å². The number of halogens is 2. The number of nitrogens with zero attached hydrogens (tertiary/aromatic N) is 2. The van der Waals surface area contributed by atoms with Crippen LogP contribution in [0.4, 0.5) is 5.69 Å². The Morgan fingerprint density at radius 3 is 2.65 bits per heavy atom. The number of hydrogen-bond donors (Lipinski definition) is 1. The first-order chi connectivity index (χ1) is 12.4. The van der Waals surface area contributed by atoms with Gasteiger partial charge in [-0.3, -0.25) is 5.43 Å². The summed E-state index contributed by atoms with van der Waals surface area (Å²) < 4.78 is 5.40. The van der Waals surface area contributed by atoms with Gasteiger partial charge >= 0.3 is 0 Å². The second-order valence-corrected chi connectivity index (χ2v) is 6.99. The second-order valence-electron chi connectivity index (χ2n) is 6.14. The minimum absolute atomic E-state index is 0.555. The second kappa shape index (κ2) is 7.52. The normalized spacial score (nSPS) is 11.7. The molecule has 134 valence electrons. The Labute approximate surface area is 162 Å². The minimum atomic E-state index is 0.555. The monoisotopic (exact) mass is 387 g/mol. The highest BCUT2D eigenvalue weighted by atomic mass is 35.5. The van der Waals surface area contributed by atoms with Crippen LogP contribution in [0.3, 0.4) is 0 Å². The van der Waals surface area contributed by atoms with Gasteiger partial charge in [0, 0.05) is 10.6 Å². The van der Waals surface area contributed by atoms with Crippen molar-refractivity contribution in [1.29, 1.82) is 0 Å². The van der Waals surface area contributed by atoms with Crippen LogP contribution in [0.2, 0.25) is 10.0 Å². The van der Waals surface area contributed by atoms with Crippen molar-refractivity contribution in [3.8, 4) is 11.3 Å². The molecule has 4 nitrogen and oxygen atoms in total. The van der Waals surface area contributed by atoms with Crippen LogP contribution in [0.1, 0.15) is 29.4 Å². The van der Waals surface area contributed by atoms with E-state index in [2.05, 4.69) is 35.6 Å². The zero-order chi connectivity index (χ0) is 18.8. The molecule has 0 saturated carbocycles. The van der Waals surface area contributed by atoms with Crippen LogP contribution >= 0.6 is 23.2 Å². The average molecular weight is 388 g/mol. The van der Waals surface area contributed by atoms with E-state index in [1.165, 1.54) is 5.56 Å². The van der Waals surface area contributed by atoms with Crippen molar-refractivity contribution >= 4 is 34.6 Å². The van der Waals surface area contributed by atoms with Crippen LogP contribution in [0.15, 0.2) is 46.0 Å². The van der Waals surface area contributed by atoms with Crippen LogP contribution < -0.4 is 5.43 Å². The number of aromatic nitrogens is 1. The van der Waals surface area contributed by atoms with E-state index in [1.54, 1.807) is 18.2 Å². The lowest BCUT2D eigenvalue weighted by Gasteiger charge is -2.09. The van der Waals surface area contributed by atoms with Crippen LogP contribution in [0.25, 0.3) is 11.3 Å². The fourth-order valence-corrected chi connectivity index (χ4v) is 3.11. The number of hydrogen-bond acceptors (Lipinski definition) is 4. The highest BCUT2D eigenvalue weighted by Gasteiger charge is 2.20. The zero-order valence-electron chi connectivity index (χ0n) is 15.0. The summed E-state index contributed by atoms with van der Waals surface area (Å²) in [7, 11) is 0. The fourth-order valence-electron chi connectivity index (χ4n) is 2.73. The predicted molar refractivity (Wildman–Crippen MR) is 108 cm³/mol. The van der Waals surface area contributed by atoms with E-state index in [0.29, 0.717) is 27.1 Å². The topological polar surface area (TPSA) is 50.4 Å². The first-order valence-electron chi connectivity index (χ1n) is 8.17. The largest absolute Gasteiger partial charge is 0.360 e. The lowest BCUT2D eigenvalue weighted by atomic mass is 10.0. The van der Waals surface area contributed by atoms with Gasteiger partial charge in [0.2, 0.25) is 0 Å². The maximum Gasteiger partial charge on any atom is 0.143 e. The number of nitrogens with one attached hydrogen (secondary N) is 1. The quantitative estimate of drug-likeness (QED) is 0.415. The molecule has 0 bridgehead atoms. The summed E-state index contributed by atoms with van der Waals surface area (Å²) in [6.45, 7) is 7.88. The standard InChI is InChI=1S/C20H19Cl2N3O/c1-11-6-5-7-18(12(11)2)24-23-13(3)19-14(4)26-25-20(19)16-10-15(21)8-9-17(16)22/h5-10,24H,1-4H3. The van der Waals surface area contributed by atoms with E-state index in [1.807, 2.05) is 26.0 Å². The molecule has 0 amide bonds. The molecule has 0 atom stereocenters. The van der Waals surface area contributed by atoms with Crippen molar-refractivity contribution in [2.24, 2.45) is 5.10 Å².